The van der Waals surface area contributed by atoms with E-state index in [1.54, 1.807) is 36.9 Å². The van der Waals surface area contributed by atoms with Gasteiger partial charge in [0.15, 0.2) is 54.8 Å². The summed E-state index contributed by atoms with van der Waals surface area (Å²) in [5.41, 5.74) is 4.56. The third kappa shape index (κ3) is 19.7. The van der Waals surface area contributed by atoms with Gasteiger partial charge in [0.05, 0.1) is 44.4 Å². The zero-order chi connectivity index (χ0) is 60.2. The number of aliphatic imine (C=N–C) groups is 2. The highest BCUT2D eigenvalue weighted by molar-refractivity contribution is 9.11. The minimum atomic E-state index is -1.41. The second-order valence-corrected chi connectivity index (χ2v) is 18.7. The van der Waals surface area contributed by atoms with Gasteiger partial charge in [-0.3, -0.25) is 49.2 Å². The molecule has 81 heavy (non-hydrogen) atoms. The molecule has 8 atom stereocenters. The van der Waals surface area contributed by atoms with E-state index in [1.165, 1.54) is 53.4 Å². The van der Waals surface area contributed by atoms with Crippen LogP contribution in [0.2, 0.25) is 0 Å². The number of carbonyl (C=O) groups is 10. The number of aromatic nitrogens is 4. The van der Waals surface area contributed by atoms with E-state index in [0.717, 1.165) is 61.0 Å². The summed E-state index contributed by atoms with van der Waals surface area (Å²) in [4.78, 5) is 144. The second-order valence-electron chi connectivity index (χ2n) is 17.1. The number of hydrogen-bond acceptors (Lipinski definition) is 27. The molecular weight excluding hydrogens is 1200 g/mol. The number of esters is 8. The minimum absolute atomic E-state index is 0.257. The Morgan fingerprint density at radius 1 is 0.506 bits per heavy atom. The first kappa shape index (κ1) is 65.0. The van der Waals surface area contributed by atoms with Crippen LogP contribution < -0.4 is 16.0 Å². The monoisotopic (exact) mass is 1260 g/mol. The molecule has 0 fully saturated rings. The number of nitrogens with one attached hydrogen (secondary N) is 3. The first-order chi connectivity index (χ1) is 38.2. The van der Waals surface area contributed by atoms with Crippen LogP contribution in [0.3, 0.4) is 0 Å². The number of aliphatic carboxylic acids is 1. The van der Waals surface area contributed by atoms with Crippen molar-refractivity contribution in [3.8, 4) is 0 Å². The van der Waals surface area contributed by atoms with Gasteiger partial charge in [0, 0.05) is 51.7 Å². The van der Waals surface area contributed by atoms with Gasteiger partial charge < -0.3 is 59.0 Å². The fourth-order valence-electron chi connectivity index (χ4n) is 6.42. The number of anilines is 2. The van der Waals surface area contributed by atoms with Crippen LogP contribution in [-0.2, 0) is 85.8 Å². The zero-order valence-corrected chi connectivity index (χ0v) is 48.4. The highest BCUT2D eigenvalue weighted by Gasteiger charge is 2.34. The Labute approximate surface area is 478 Å². The number of carbonyl (C=O) groups excluding carboxylic acids is 9. The Kier molecular flexibility index (Phi) is 24.7. The predicted octanol–water partition coefficient (Wildman–Crippen LogP) is 3.33. The number of guanidine groups is 2. The maximum Gasteiger partial charge on any atom is 0.347 e. The lowest BCUT2D eigenvalue weighted by Crippen LogP contribution is -2.45. The Bertz CT molecular complexity index is 3070. The van der Waals surface area contributed by atoms with Crippen molar-refractivity contribution in [2.45, 2.75) is 118 Å². The normalized spacial score (nSPS) is 15.3. The number of amides is 1. The molecule has 2 aromatic carbocycles. The molecule has 29 nitrogen and oxygen atoms in total. The fraction of sp³-hybridized carbons (Fsp3) is 0.440. The molecule has 4 N–H and O–H groups in total. The van der Waals surface area contributed by atoms with Crippen molar-refractivity contribution in [1.82, 2.24) is 30.2 Å². The lowest BCUT2D eigenvalue weighted by molar-refractivity contribution is -0.184. The van der Waals surface area contributed by atoms with Gasteiger partial charge in [-0.15, -0.1) is 0 Å². The average Bonchev–Trinajstić information content (AvgIpc) is 4.18. The van der Waals surface area contributed by atoms with Crippen LogP contribution in [-0.4, -0.2) is 177 Å². The largest absolute Gasteiger partial charge is 0.479 e. The molecule has 0 aliphatic carbocycles. The van der Waals surface area contributed by atoms with E-state index < -0.39 is 108 Å². The van der Waals surface area contributed by atoms with Gasteiger partial charge in [0.2, 0.25) is 5.96 Å². The van der Waals surface area contributed by atoms with Crippen LogP contribution in [0.1, 0.15) is 69.2 Å². The summed E-state index contributed by atoms with van der Waals surface area (Å²) in [5, 5.41) is 18.1. The first-order valence-electron chi connectivity index (χ1n) is 24.5. The molecule has 0 unspecified atom stereocenters. The number of nitrogens with zero attached hydrogens (tertiary/aromatic N) is 7. The molecule has 0 radical (unpaired) electrons. The molecule has 0 saturated heterocycles. The molecule has 1 amide bonds. The van der Waals surface area contributed by atoms with Gasteiger partial charge in [-0.2, -0.15) is 0 Å². The lowest BCUT2D eigenvalue weighted by atomic mass is 10.2. The number of carboxylic acids is 1. The number of hydrogen-bond donors (Lipinski definition) is 4. The summed E-state index contributed by atoms with van der Waals surface area (Å²) in [7, 11) is 0. The van der Waals surface area contributed by atoms with Crippen LogP contribution in [0.5, 0.6) is 0 Å². The van der Waals surface area contributed by atoms with E-state index in [4.69, 9.17) is 28.8 Å². The van der Waals surface area contributed by atoms with Crippen molar-refractivity contribution in [2.24, 2.45) is 9.98 Å². The Morgan fingerprint density at radius 3 is 1.26 bits per heavy atom. The van der Waals surface area contributed by atoms with Crippen molar-refractivity contribution < 1.29 is 90.9 Å². The Hall–Kier alpha value is -8.48. The maximum absolute atomic E-state index is 13.1. The van der Waals surface area contributed by atoms with Crippen LogP contribution in [0, 0.1) is 0 Å². The minimum Gasteiger partial charge on any atom is -0.479 e. The van der Waals surface area contributed by atoms with E-state index in [0.29, 0.717) is 27.7 Å². The van der Waals surface area contributed by atoms with E-state index in [9.17, 15) is 47.9 Å². The van der Waals surface area contributed by atoms with Gasteiger partial charge in [-0.25, -0.2) is 33.6 Å². The van der Waals surface area contributed by atoms with Crippen LogP contribution in [0.25, 0.3) is 22.1 Å². The molecule has 2 aliphatic rings. The molecule has 436 valence electrons. The maximum atomic E-state index is 13.1. The summed E-state index contributed by atoms with van der Waals surface area (Å²) in [6.45, 7) is 14.4. The number of carboxylic acid groups (broad SMARTS) is 1. The van der Waals surface area contributed by atoms with Crippen molar-refractivity contribution >= 4 is 137 Å². The quantitative estimate of drug-likeness (QED) is 0.0819. The summed E-state index contributed by atoms with van der Waals surface area (Å²) < 4.78 is 39.9. The fourth-order valence-corrected chi connectivity index (χ4v) is 7.50. The molecule has 4 aromatic rings. The molecule has 0 spiro atoms. The number of ether oxygens (including phenoxy) is 8. The number of halogens is 2. The number of rotatable bonds is 18. The number of fused-ring (bicyclic) bond motifs is 2. The van der Waals surface area contributed by atoms with Crippen LogP contribution >= 0.6 is 31.9 Å². The van der Waals surface area contributed by atoms with Crippen LogP contribution in [0.15, 0.2) is 68.0 Å². The van der Waals surface area contributed by atoms with Gasteiger partial charge in [-0.05, 0) is 112 Å². The predicted molar refractivity (Wildman–Crippen MR) is 289 cm³/mol. The molecule has 31 heteroatoms. The molecule has 2 aromatic heterocycles. The zero-order valence-electron chi connectivity index (χ0n) is 45.2. The van der Waals surface area contributed by atoms with E-state index >= 15 is 0 Å². The van der Waals surface area contributed by atoms with Gasteiger partial charge >= 0.3 is 53.7 Å². The highest BCUT2D eigenvalue weighted by Crippen LogP contribution is 2.30. The van der Waals surface area contributed by atoms with Crippen molar-refractivity contribution in [1.29, 1.82) is 0 Å². The van der Waals surface area contributed by atoms with E-state index in [2.05, 4.69) is 91.9 Å². The Morgan fingerprint density at radius 2 is 0.877 bits per heavy atom. The summed E-state index contributed by atoms with van der Waals surface area (Å²) in [6, 6.07) is 7.43. The van der Waals surface area contributed by atoms with E-state index in [-0.39, 0.29) is 12.5 Å². The summed E-state index contributed by atoms with van der Waals surface area (Å²) in [5.74, 6) is -8.30. The van der Waals surface area contributed by atoms with Crippen LogP contribution in [0.4, 0.5) is 11.4 Å². The molecule has 2 aliphatic heterocycles. The molecular formula is C50H58Br2N10O19. The first-order valence-corrected chi connectivity index (χ1v) is 26.0. The third-order valence-electron chi connectivity index (χ3n) is 10.6. The van der Waals surface area contributed by atoms with Crippen molar-refractivity contribution in [3.63, 3.8) is 0 Å². The van der Waals surface area contributed by atoms with Gasteiger partial charge in [-0.1, -0.05) is 0 Å². The summed E-state index contributed by atoms with van der Waals surface area (Å²) in [6.07, 6.45) is -4.14. The highest BCUT2D eigenvalue weighted by atomic mass is 79.9. The molecule has 0 saturated carbocycles. The second kappa shape index (κ2) is 30.8. The lowest BCUT2D eigenvalue weighted by Gasteiger charge is -2.24. The van der Waals surface area contributed by atoms with E-state index in [1.807, 2.05) is 12.1 Å². The van der Waals surface area contributed by atoms with Gasteiger partial charge in [0.25, 0.3) is 5.91 Å². The smallest absolute Gasteiger partial charge is 0.347 e. The molecule has 6 rings (SSSR count). The SMILES string of the molecule is Brc1c(NC2=NCCN2)ccc2nccnc12.CC(=O)O[C@@H](C)C(=O)O[C@@H](C)C(=O)O[C@@H](C)C(=O)O[C@@H](C)C(=O)N1CCN=C1Nc1ccc2nccnc2c1Br.CC(=O)O[C@@H](C)C(=O)O[C@H](C)C(=O)O[C@H](C)C(=O)O[C@H](C)C(=O)O. The standard InChI is InChI=1S/C25H28BrN5O9.C14H20O10.C11H10BrN5/c1-12(38-23(35)14(3)40-24(36)15(4)39-22(34)13(2)37-16(5)32)21(33)31-11-10-29-25(31)30-17-6-7-18-20(19(17)26)28-9-8-27-18;1-6(11(16)17)22-13(19)8(3)24-14(20)9(4)23-12(18)7(2)21-10(5)15;12-9-7(17-11-15-5-6-16-11)1-2-8-10(9)14-4-3-13-8/h6-9,12-15H,10-11H2,1-5H3,(H,29,30);6-9H,1-5H3,(H,16,17);1-4H,5-6H2,(H2,15,16,17)/t12-,13-,14-,15-;6-,7+,8-,9-;/m01./s1. The summed E-state index contributed by atoms with van der Waals surface area (Å²) >= 11 is 7.04. The van der Waals surface area contributed by atoms with Crippen molar-refractivity contribution in [2.75, 3.05) is 36.8 Å². The van der Waals surface area contributed by atoms with Crippen molar-refractivity contribution in [3.05, 3.63) is 58.0 Å². The topological polar surface area (TPSA) is 380 Å². The Balaban J connectivity index is 0.000000290. The third-order valence-corrected chi connectivity index (χ3v) is 12.2. The molecule has 0 bridgehead atoms. The van der Waals surface area contributed by atoms with Gasteiger partial charge in [0.1, 0.15) is 11.0 Å². The molecule has 4 heterocycles. The number of benzene rings is 2. The average molecular weight is 1260 g/mol.